The molecule has 0 fully saturated rings. The van der Waals surface area contributed by atoms with Crippen LogP contribution in [0.1, 0.15) is 16.7 Å². The van der Waals surface area contributed by atoms with E-state index in [1.807, 2.05) is 97.9 Å². The lowest BCUT2D eigenvalue weighted by Crippen LogP contribution is -2.15. The Bertz CT molecular complexity index is 1000. The maximum absolute atomic E-state index is 12.3. The minimum absolute atomic E-state index is 0.171. The minimum atomic E-state index is -0.823. The lowest BCUT2D eigenvalue weighted by molar-refractivity contribution is 0.151. The van der Waals surface area contributed by atoms with Crippen molar-refractivity contribution in [2.75, 3.05) is 5.75 Å². The summed E-state index contributed by atoms with van der Waals surface area (Å²) in [6.45, 7) is 2.18. The van der Waals surface area contributed by atoms with Crippen molar-refractivity contribution in [1.82, 2.24) is 0 Å². The summed E-state index contributed by atoms with van der Waals surface area (Å²) in [7, 11) is -0.823. The molecule has 154 valence electrons. The van der Waals surface area contributed by atoms with Crippen molar-refractivity contribution in [1.29, 1.82) is 0 Å². The van der Waals surface area contributed by atoms with E-state index >= 15 is 0 Å². The third kappa shape index (κ3) is 7.10. The molecule has 0 radical (unpaired) electrons. The van der Waals surface area contributed by atoms with E-state index in [2.05, 4.69) is 4.36 Å². The highest BCUT2D eigenvalue weighted by Crippen LogP contribution is 2.14. The highest BCUT2D eigenvalue weighted by atomic mass is 32.2. The van der Waals surface area contributed by atoms with Gasteiger partial charge in [-0.25, -0.2) is 4.79 Å². The van der Waals surface area contributed by atoms with E-state index in [0.29, 0.717) is 5.75 Å². The SMILES string of the molecule is Cc1ccc(/[S@@](C[C@@H](O)/C=C/c2ccccc2)=N/C(=O)OCc2ccccc2)cc1. The summed E-state index contributed by atoms with van der Waals surface area (Å²) >= 11 is 0. The van der Waals surface area contributed by atoms with Gasteiger partial charge in [-0.3, -0.25) is 0 Å². The molecule has 0 heterocycles. The maximum atomic E-state index is 12.3. The monoisotopic (exact) mass is 419 g/mol. The lowest BCUT2D eigenvalue weighted by atomic mass is 10.2. The number of aliphatic hydroxyl groups is 1. The number of aryl methyl sites for hydroxylation is 1. The molecule has 0 bridgehead atoms. The molecule has 0 saturated heterocycles. The summed E-state index contributed by atoms with van der Waals surface area (Å²) in [4.78, 5) is 13.2. The topological polar surface area (TPSA) is 58.9 Å². The summed E-state index contributed by atoms with van der Waals surface area (Å²) in [5, 5.41) is 10.5. The van der Waals surface area contributed by atoms with Gasteiger partial charge in [-0.1, -0.05) is 101 Å². The summed E-state index contributed by atoms with van der Waals surface area (Å²) in [5.41, 5.74) is 3.03. The number of carbonyl (C=O) groups is 1. The van der Waals surface area contributed by atoms with Crippen LogP contribution in [0.2, 0.25) is 0 Å². The zero-order valence-corrected chi connectivity index (χ0v) is 17.7. The second-order valence-electron chi connectivity index (χ2n) is 6.81. The molecule has 3 aromatic rings. The Morgan fingerprint density at radius 3 is 2.30 bits per heavy atom. The average Bonchev–Trinajstić information content (AvgIpc) is 2.78. The van der Waals surface area contributed by atoms with Gasteiger partial charge < -0.3 is 9.84 Å². The molecule has 0 aliphatic rings. The molecule has 0 aliphatic heterocycles. The third-order valence-corrected chi connectivity index (χ3v) is 6.16. The van der Waals surface area contributed by atoms with Crippen LogP contribution in [0.25, 0.3) is 6.08 Å². The Labute approximate surface area is 180 Å². The van der Waals surface area contributed by atoms with Gasteiger partial charge >= 0.3 is 6.09 Å². The van der Waals surface area contributed by atoms with Crippen molar-refractivity contribution in [3.05, 3.63) is 108 Å². The smallest absolute Gasteiger partial charge is 0.440 e. The van der Waals surface area contributed by atoms with Gasteiger partial charge in [0.1, 0.15) is 6.61 Å². The highest BCUT2D eigenvalue weighted by molar-refractivity contribution is 7.87. The number of amides is 1. The van der Waals surface area contributed by atoms with Gasteiger partial charge in [-0.15, -0.1) is 4.36 Å². The lowest BCUT2D eigenvalue weighted by Gasteiger charge is -2.12. The van der Waals surface area contributed by atoms with Gasteiger partial charge in [0.2, 0.25) is 0 Å². The maximum Gasteiger partial charge on any atom is 0.440 e. The van der Waals surface area contributed by atoms with Gasteiger partial charge in [-0.05, 0) is 30.2 Å². The van der Waals surface area contributed by atoms with E-state index in [0.717, 1.165) is 21.6 Å². The fourth-order valence-corrected chi connectivity index (χ4v) is 4.21. The molecule has 1 amide bonds. The quantitative estimate of drug-likeness (QED) is 0.545. The molecule has 3 rings (SSSR count). The molecule has 30 heavy (non-hydrogen) atoms. The number of benzene rings is 3. The predicted molar refractivity (Wildman–Crippen MR) is 122 cm³/mol. The van der Waals surface area contributed by atoms with Gasteiger partial charge in [0.05, 0.1) is 6.10 Å². The fourth-order valence-electron chi connectivity index (χ4n) is 2.72. The Morgan fingerprint density at radius 1 is 1.00 bits per heavy atom. The Hall–Kier alpha value is -3.02. The van der Waals surface area contributed by atoms with Crippen LogP contribution < -0.4 is 0 Å². The Balaban J connectivity index is 1.72. The minimum Gasteiger partial charge on any atom is -0.443 e. The number of hydrogen-bond acceptors (Lipinski definition) is 3. The summed E-state index contributed by atoms with van der Waals surface area (Å²) in [5.74, 6) is 0.312. The van der Waals surface area contributed by atoms with Crippen molar-refractivity contribution in [2.45, 2.75) is 24.5 Å². The van der Waals surface area contributed by atoms with E-state index in [1.54, 1.807) is 6.08 Å². The first-order valence-corrected chi connectivity index (χ1v) is 11.1. The van der Waals surface area contributed by atoms with E-state index in [-0.39, 0.29) is 6.61 Å². The van der Waals surface area contributed by atoms with E-state index < -0.39 is 22.9 Å². The molecular weight excluding hydrogens is 394 g/mol. The van der Waals surface area contributed by atoms with E-state index in [4.69, 9.17) is 4.74 Å². The van der Waals surface area contributed by atoms with Crippen LogP contribution in [0, 0.1) is 6.92 Å². The fraction of sp³-hybridized carbons (Fsp3) is 0.160. The number of aliphatic hydroxyl groups excluding tert-OH is 1. The Morgan fingerprint density at radius 2 is 1.63 bits per heavy atom. The van der Waals surface area contributed by atoms with Crippen LogP contribution in [0.4, 0.5) is 4.79 Å². The van der Waals surface area contributed by atoms with Crippen molar-refractivity contribution >= 4 is 22.9 Å². The molecular formula is C25H25NO3S. The van der Waals surface area contributed by atoms with Gasteiger partial charge in [0, 0.05) is 10.6 Å². The number of hydrogen-bond donors (Lipinski definition) is 1. The first-order valence-electron chi connectivity index (χ1n) is 9.71. The van der Waals surface area contributed by atoms with Crippen LogP contribution >= 0.6 is 0 Å². The molecule has 0 unspecified atom stereocenters. The summed E-state index contributed by atoms with van der Waals surface area (Å²) in [6.07, 6.45) is 2.24. The second kappa shape index (κ2) is 11.2. The van der Waals surface area contributed by atoms with E-state index in [1.165, 1.54) is 0 Å². The van der Waals surface area contributed by atoms with Crippen LogP contribution in [-0.4, -0.2) is 23.1 Å². The van der Waals surface area contributed by atoms with Gasteiger partial charge in [-0.2, -0.15) is 0 Å². The number of nitrogens with zero attached hydrogens (tertiary/aromatic N) is 1. The number of rotatable bonds is 7. The molecule has 2 atom stereocenters. The van der Waals surface area contributed by atoms with Crippen molar-refractivity contribution in [3.63, 3.8) is 0 Å². The van der Waals surface area contributed by atoms with Crippen LogP contribution in [0.3, 0.4) is 0 Å². The normalized spacial score (nSPS) is 13.3. The molecule has 5 heteroatoms. The van der Waals surface area contributed by atoms with Crippen molar-refractivity contribution in [3.8, 4) is 0 Å². The molecule has 1 N–H and O–H groups in total. The van der Waals surface area contributed by atoms with Crippen LogP contribution in [0.5, 0.6) is 0 Å². The second-order valence-corrected chi connectivity index (χ2v) is 8.53. The highest BCUT2D eigenvalue weighted by Gasteiger charge is 2.11. The van der Waals surface area contributed by atoms with Crippen molar-refractivity contribution < 1.29 is 14.6 Å². The first kappa shape index (κ1) is 21.7. The molecule has 0 aromatic heterocycles. The van der Waals surface area contributed by atoms with Gasteiger partial charge in [0.25, 0.3) is 0 Å². The first-order chi connectivity index (χ1) is 14.6. The van der Waals surface area contributed by atoms with Crippen molar-refractivity contribution in [2.24, 2.45) is 4.36 Å². The predicted octanol–water partition coefficient (Wildman–Crippen LogP) is 5.57. The molecule has 4 nitrogen and oxygen atoms in total. The summed E-state index contributed by atoms with van der Waals surface area (Å²) < 4.78 is 9.58. The molecule has 0 saturated carbocycles. The van der Waals surface area contributed by atoms with E-state index in [9.17, 15) is 9.90 Å². The number of ether oxygens (including phenoxy) is 1. The van der Waals surface area contributed by atoms with Gasteiger partial charge in [0.15, 0.2) is 0 Å². The Kier molecular flexibility index (Phi) is 8.12. The largest absolute Gasteiger partial charge is 0.443 e. The summed E-state index contributed by atoms with van der Waals surface area (Å²) in [6, 6.07) is 27.1. The molecule has 0 aliphatic carbocycles. The average molecular weight is 420 g/mol. The third-order valence-electron chi connectivity index (χ3n) is 4.32. The number of carbonyl (C=O) groups excluding carboxylic acids is 1. The zero-order valence-electron chi connectivity index (χ0n) is 16.8. The van der Waals surface area contributed by atoms with Crippen LogP contribution in [-0.2, 0) is 22.0 Å². The molecule has 3 aromatic carbocycles. The zero-order chi connectivity index (χ0) is 21.2. The van der Waals surface area contributed by atoms with Crippen LogP contribution in [0.15, 0.2) is 100 Å². The standard InChI is InChI=1S/C25H25NO3S/c1-20-12-16-24(17-13-20)30(19-23(27)15-14-21-8-4-2-5-9-21)26-25(28)29-18-22-10-6-3-7-11-22/h2-17,23,27H,18-19H2,1H3/b15-14+/t23-,30+/m0/s1. The molecule has 0 spiro atoms.